The van der Waals surface area contributed by atoms with Crippen molar-refractivity contribution >= 4 is 27.4 Å². The number of aryl methyl sites for hydroxylation is 1. The third-order valence-electron chi connectivity index (χ3n) is 5.37. The van der Waals surface area contributed by atoms with Gasteiger partial charge in [-0.05, 0) is 42.3 Å². The molecule has 1 fully saturated rings. The lowest BCUT2D eigenvalue weighted by atomic mass is 10.1. The van der Waals surface area contributed by atoms with E-state index in [-0.39, 0.29) is 16.1 Å². The van der Waals surface area contributed by atoms with E-state index in [4.69, 9.17) is 5.26 Å². The lowest BCUT2D eigenvalue weighted by Gasteiger charge is -2.36. The SMILES string of the molecule is CCc1ccc(S(=O)(=O)Nc2ccc(N3CCN(CCC#N)CC3)c(C(=O)O)c2)cc1. The molecule has 0 aliphatic carbocycles. The zero-order chi connectivity index (χ0) is 22.4. The van der Waals surface area contributed by atoms with E-state index in [1.807, 2.05) is 11.8 Å². The zero-order valence-corrected chi connectivity index (χ0v) is 18.2. The quantitative estimate of drug-likeness (QED) is 0.646. The van der Waals surface area contributed by atoms with Gasteiger partial charge in [0.2, 0.25) is 0 Å². The molecule has 1 aliphatic heterocycles. The van der Waals surface area contributed by atoms with Crippen molar-refractivity contribution in [3.8, 4) is 6.07 Å². The number of carbonyl (C=O) groups is 1. The molecule has 0 aromatic heterocycles. The van der Waals surface area contributed by atoms with Gasteiger partial charge in [0.1, 0.15) is 0 Å². The topological polar surface area (TPSA) is 114 Å². The predicted octanol–water partition coefficient (Wildman–Crippen LogP) is 2.78. The lowest BCUT2D eigenvalue weighted by Crippen LogP contribution is -2.47. The number of hydrogen-bond acceptors (Lipinski definition) is 6. The van der Waals surface area contributed by atoms with E-state index in [0.717, 1.165) is 25.1 Å². The van der Waals surface area contributed by atoms with Crippen molar-refractivity contribution in [1.82, 2.24) is 4.90 Å². The van der Waals surface area contributed by atoms with Gasteiger partial charge >= 0.3 is 5.97 Å². The number of aromatic carboxylic acids is 1. The van der Waals surface area contributed by atoms with Gasteiger partial charge in [-0.1, -0.05) is 19.1 Å². The molecule has 2 aromatic rings. The zero-order valence-electron chi connectivity index (χ0n) is 17.4. The van der Waals surface area contributed by atoms with Crippen LogP contribution in [0.2, 0.25) is 0 Å². The summed E-state index contributed by atoms with van der Waals surface area (Å²) < 4.78 is 27.9. The molecule has 31 heavy (non-hydrogen) atoms. The van der Waals surface area contributed by atoms with E-state index < -0.39 is 16.0 Å². The van der Waals surface area contributed by atoms with Crippen molar-refractivity contribution in [1.29, 1.82) is 5.26 Å². The molecule has 1 aliphatic rings. The Kier molecular flexibility index (Phi) is 7.15. The van der Waals surface area contributed by atoms with Crippen molar-refractivity contribution in [2.75, 3.05) is 42.3 Å². The van der Waals surface area contributed by atoms with Crippen LogP contribution >= 0.6 is 0 Å². The second kappa shape index (κ2) is 9.81. The van der Waals surface area contributed by atoms with Gasteiger partial charge in [0.25, 0.3) is 10.0 Å². The van der Waals surface area contributed by atoms with E-state index in [0.29, 0.717) is 31.7 Å². The Hall–Kier alpha value is -3.09. The minimum absolute atomic E-state index is 0.0482. The fourth-order valence-electron chi connectivity index (χ4n) is 3.59. The molecule has 0 spiro atoms. The average Bonchev–Trinajstić information content (AvgIpc) is 2.78. The summed E-state index contributed by atoms with van der Waals surface area (Å²) in [5.74, 6) is -1.12. The number of sulfonamides is 1. The Labute approximate surface area is 182 Å². The number of carboxylic acid groups (broad SMARTS) is 1. The second-order valence-electron chi connectivity index (χ2n) is 7.38. The van der Waals surface area contributed by atoms with Crippen LogP contribution in [-0.2, 0) is 16.4 Å². The highest BCUT2D eigenvalue weighted by Crippen LogP contribution is 2.27. The molecule has 0 saturated carbocycles. The minimum atomic E-state index is -3.82. The van der Waals surface area contributed by atoms with Gasteiger partial charge < -0.3 is 10.0 Å². The van der Waals surface area contributed by atoms with Gasteiger partial charge in [0.15, 0.2) is 0 Å². The van der Waals surface area contributed by atoms with Crippen molar-refractivity contribution in [3.05, 3.63) is 53.6 Å². The van der Waals surface area contributed by atoms with Crippen molar-refractivity contribution < 1.29 is 18.3 Å². The molecular formula is C22H26N4O4S. The molecule has 164 valence electrons. The first-order valence-electron chi connectivity index (χ1n) is 10.2. The summed E-state index contributed by atoms with van der Waals surface area (Å²) in [6, 6.07) is 13.3. The Bertz CT molecular complexity index is 1070. The normalized spacial score (nSPS) is 14.8. The Morgan fingerprint density at radius 1 is 1.13 bits per heavy atom. The summed E-state index contributed by atoms with van der Waals surface area (Å²) in [5, 5.41) is 18.4. The molecule has 3 rings (SSSR count). The second-order valence-corrected chi connectivity index (χ2v) is 9.06. The predicted molar refractivity (Wildman–Crippen MR) is 119 cm³/mol. The van der Waals surface area contributed by atoms with Gasteiger partial charge in [0, 0.05) is 44.8 Å². The number of carboxylic acids is 1. The van der Waals surface area contributed by atoms with Crippen LogP contribution in [0.25, 0.3) is 0 Å². The largest absolute Gasteiger partial charge is 0.478 e. The Morgan fingerprint density at radius 3 is 2.39 bits per heavy atom. The van der Waals surface area contributed by atoms with E-state index in [2.05, 4.69) is 15.7 Å². The number of nitriles is 1. The maximum absolute atomic E-state index is 12.7. The van der Waals surface area contributed by atoms with E-state index in [1.165, 1.54) is 6.07 Å². The molecule has 0 amide bonds. The standard InChI is InChI=1S/C22H26N4O4S/c1-2-17-4-7-19(8-5-17)31(29,30)24-18-6-9-21(20(16-18)22(27)28)26-14-12-25(13-15-26)11-3-10-23/h4-9,16,24H,2-3,11-15H2,1H3,(H,27,28). The Balaban J connectivity index is 1.77. The fraction of sp³-hybridized carbons (Fsp3) is 0.364. The molecule has 0 bridgehead atoms. The van der Waals surface area contributed by atoms with Gasteiger partial charge in [-0.25, -0.2) is 13.2 Å². The monoisotopic (exact) mass is 442 g/mol. The molecule has 8 nitrogen and oxygen atoms in total. The van der Waals surface area contributed by atoms with Crippen LogP contribution in [-0.4, -0.2) is 57.1 Å². The summed E-state index contributed by atoms with van der Waals surface area (Å²) in [6.07, 6.45) is 1.28. The molecule has 9 heteroatoms. The van der Waals surface area contributed by atoms with E-state index in [9.17, 15) is 18.3 Å². The van der Waals surface area contributed by atoms with Gasteiger partial charge in [-0.3, -0.25) is 9.62 Å². The summed E-state index contributed by atoms with van der Waals surface area (Å²) in [4.78, 5) is 16.2. The number of nitrogens with zero attached hydrogens (tertiary/aromatic N) is 3. The van der Waals surface area contributed by atoms with Crippen LogP contribution in [0, 0.1) is 11.3 Å². The van der Waals surface area contributed by atoms with Gasteiger partial charge in [-0.15, -0.1) is 0 Å². The third kappa shape index (κ3) is 5.54. The highest BCUT2D eigenvalue weighted by molar-refractivity contribution is 7.92. The number of anilines is 2. The first-order valence-corrected chi connectivity index (χ1v) is 11.7. The van der Waals surface area contributed by atoms with Crippen LogP contribution in [0.5, 0.6) is 0 Å². The molecule has 2 aromatic carbocycles. The van der Waals surface area contributed by atoms with Crippen LogP contribution in [0.15, 0.2) is 47.4 Å². The fourth-order valence-corrected chi connectivity index (χ4v) is 4.63. The first kappa shape index (κ1) is 22.6. The molecule has 0 atom stereocenters. The first-order chi connectivity index (χ1) is 14.8. The number of nitrogens with one attached hydrogen (secondary N) is 1. The molecule has 1 heterocycles. The summed E-state index contributed by atoms with van der Waals surface area (Å²) >= 11 is 0. The number of benzene rings is 2. The maximum Gasteiger partial charge on any atom is 0.337 e. The highest BCUT2D eigenvalue weighted by Gasteiger charge is 2.23. The summed E-state index contributed by atoms with van der Waals surface area (Å²) in [7, 11) is -3.82. The van der Waals surface area contributed by atoms with Crippen LogP contribution in [0.3, 0.4) is 0 Å². The Morgan fingerprint density at radius 2 is 1.81 bits per heavy atom. The highest BCUT2D eigenvalue weighted by atomic mass is 32.2. The molecule has 1 saturated heterocycles. The number of hydrogen-bond donors (Lipinski definition) is 2. The molecule has 0 radical (unpaired) electrons. The number of rotatable bonds is 8. The molecular weight excluding hydrogens is 416 g/mol. The molecule has 2 N–H and O–H groups in total. The maximum atomic E-state index is 12.7. The lowest BCUT2D eigenvalue weighted by molar-refractivity contribution is 0.0697. The smallest absolute Gasteiger partial charge is 0.337 e. The summed E-state index contributed by atoms with van der Waals surface area (Å²) in [6.45, 7) is 5.45. The van der Waals surface area contributed by atoms with Crippen molar-refractivity contribution in [2.45, 2.75) is 24.7 Å². The minimum Gasteiger partial charge on any atom is -0.478 e. The van der Waals surface area contributed by atoms with Crippen molar-refractivity contribution in [2.24, 2.45) is 0 Å². The average molecular weight is 443 g/mol. The van der Waals surface area contributed by atoms with Crippen LogP contribution in [0.4, 0.5) is 11.4 Å². The van der Waals surface area contributed by atoms with Crippen LogP contribution < -0.4 is 9.62 Å². The molecule has 0 unspecified atom stereocenters. The van der Waals surface area contributed by atoms with Crippen LogP contribution in [0.1, 0.15) is 29.3 Å². The van der Waals surface area contributed by atoms with Gasteiger partial charge in [-0.2, -0.15) is 5.26 Å². The third-order valence-corrected chi connectivity index (χ3v) is 6.77. The number of piperazine rings is 1. The van der Waals surface area contributed by atoms with E-state index >= 15 is 0 Å². The van der Waals surface area contributed by atoms with E-state index in [1.54, 1.807) is 36.4 Å². The van der Waals surface area contributed by atoms with Gasteiger partial charge in [0.05, 0.1) is 22.2 Å². The summed E-state index contributed by atoms with van der Waals surface area (Å²) in [5.41, 5.74) is 1.84. The van der Waals surface area contributed by atoms with Crippen molar-refractivity contribution in [3.63, 3.8) is 0 Å².